The standard InChI is InChI=1S/C20H23N3O/c1-21-20(24)16-13-19-18(9-6-11-22(2)3)17-8-5-4-7-15(17)10-12-23(19)14-16/h4-5,7-10,12-14H,6,11H2,1-3H3,(H,21,24)/b18-9+. The zero-order chi connectivity index (χ0) is 17.1. The van der Waals surface area contributed by atoms with Crippen molar-refractivity contribution in [3.05, 3.63) is 65.0 Å². The third-order valence-corrected chi connectivity index (χ3v) is 4.20. The van der Waals surface area contributed by atoms with Gasteiger partial charge in [-0.2, -0.15) is 0 Å². The number of nitrogens with zero attached hydrogens (tertiary/aromatic N) is 2. The van der Waals surface area contributed by atoms with Gasteiger partial charge in [0.2, 0.25) is 0 Å². The third kappa shape index (κ3) is 3.19. The summed E-state index contributed by atoms with van der Waals surface area (Å²) < 4.78 is 2.03. The molecule has 4 heteroatoms. The van der Waals surface area contributed by atoms with Crippen molar-refractivity contribution >= 4 is 23.8 Å². The van der Waals surface area contributed by atoms with E-state index in [0.717, 1.165) is 18.7 Å². The smallest absolute Gasteiger partial charge is 0.252 e. The quantitative estimate of drug-likeness (QED) is 0.801. The number of hydrogen-bond acceptors (Lipinski definition) is 2. The van der Waals surface area contributed by atoms with E-state index in [1.54, 1.807) is 7.05 Å². The lowest BCUT2D eigenvalue weighted by Crippen LogP contribution is -2.16. The molecule has 0 saturated carbocycles. The number of carbonyl (C=O) groups excluding carboxylic acids is 1. The Kier molecular flexibility index (Phi) is 4.67. The Morgan fingerprint density at radius 3 is 2.83 bits per heavy atom. The van der Waals surface area contributed by atoms with Gasteiger partial charge < -0.3 is 14.8 Å². The second kappa shape index (κ2) is 6.89. The summed E-state index contributed by atoms with van der Waals surface area (Å²) in [7, 11) is 5.81. The number of amides is 1. The van der Waals surface area contributed by atoms with Crippen LogP contribution >= 0.6 is 0 Å². The molecule has 1 aromatic heterocycles. The molecular formula is C20H23N3O. The minimum absolute atomic E-state index is 0.0649. The summed E-state index contributed by atoms with van der Waals surface area (Å²) in [6.07, 6.45) is 9.23. The van der Waals surface area contributed by atoms with Crippen molar-refractivity contribution in [2.75, 3.05) is 27.7 Å². The number of carbonyl (C=O) groups is 1. The van der Waals surface area contributed by atoms with Crippen LogP contribution in [0.5, 0.6) is 0 Å². The fourth-order valence-electron chi connectivity index (χ4n) is 2.95. The number of aromatic nitrogens is 1. The maximum atomic E-state index is 12.0. The van der Waals surface area contributed by atoms with Crippen LogP contribution in [0, 0.1) is 0 Å². The molecule has 2 aromatic rings. The van der Waals surface area contributed by atoms with Crippen LogP contribution in [0.2, 0.25) is 0 Å². The zero-order valence-electron chi connectivity index (χ0n) is 14.4. The fraction of sp³-hybridized carbons (Fsp3) is 0.250. The van der Waals surface area contributed by atoms with Crippen LogP contribution < -0.4 is 5.32 Å². The van der Waals surface area contributed by atoms with E-state index >= 15 is 0 Å². The molecule has 0 saturated heterocycles. The van der Waals surface area contributed by atoms with Crippen LogP contribution in [0.4, 0.5) is 0 Å². The minimum atomic E-state index is -0.0649. The van der Waals surface area contributed by atoms with E-state index in [1.807, 2.05) is 23.0 Å². The largest absolute Gasteiger partial charge is 0.355 e. The lowest BCUT2D eigenvalue weighted by atomic mass is 9.96. The number of hydrogen-bond donors (Lipinski definition) is 1. The van der Waals surface area contributed by atoms with Gasteiger partial charge in [-0.25, -0.2) is 0 Å². The molecule has 24 heavy (non-hydrogen) atoms. The molecule has 124 valence electrons. The molecule has 1 N–H and O–H groups in total. The van der Waals surface area contributed by atoms with Gasteiger partial charge in [-0.15, -0.1) is 0 Å². The first-order valence-electron chi connectivity index (χ1n) is 8.17. The molecule has 0 unspecified atom stereocenters. The highest BCUT2D eigenvalue weighted by Crippen LogP contribution is 2.32. The monoisotopic (exact) mass is 321 g/mol. The van der Waals surface area contributed by atoms with Gasteiger partial charge >= 0.3 is 0 Å². The van der Waals surface area contributed by atoms with Crippen molar-refractivity contribution in [2.45, 2.75) is 6.42 Å². The normalized spacial score (nSPS) is 14.4. The maximum absolute atomic E-state index is 12.0. The molecule has 0 radical (unpaired) electrons. The van der Waals surface area contributed by atoms with E-state index < -0.39 is 0 Å². The van der Waals surface area contributed by atoms with Crippen LogP contribution in [0.25, 0.3) is 17.8 Å². The Balaban J connectivity index is 2.10. The molecule has 3 rings (SSSR count). The second-order valence-electron chi connectivity index (χ2n) is 6.21. The van der Waals surface area contributed by atoms with E-state index in [0.29, 0.717) is 5.56 Å². The molecule has 0 fully saturated rings. The van der Waals surface area contributed by atoms with E-state index in [9.17, 15) is 4.79 Å². The van der Waals surface area contributed by atoms with Crippen molar-refractivity contribution < 1.29 is 4.79 Å². The predicted molar refractivity (Wildman–Crippen MR) is 99.7 cm³/mol. The van der Waals surface area contributed by atoms with Crippen LogP contribution in [0.15, 0.2) is 42.6 Å². The van der Waals surface area contributed by atoms with Crippen LogP contribution in [-0.4, -0.2) is 43.1 Å². The van der Waals surface area contributed by atoms with E-state index in [2.05, 4.69) is 60.7 Å². The van der Waals surface area contributed by atoms with Gasteiger partial charge in [-0.1, -0.05) is 30.3 Å². The summed E-state index contributed by atoms with van der Waals surface area (Å²) in [6, 6.07) is 10.3. The molecule has 0 atom stereocenters. The SMILES string of the molecule is CNC(=O)c1cc2n(c1)C=Cc1ccccc1/C2=C\CCN(C)C. The highest BCUT2D eigenvalue weighted by molar-refractivity contribution is 5.97. The summed E-state index contributed by atoms with van der Waals surface area (Å²) in [5.74, 6) is -0.0649. The Morgan fingerprint density at radius 2 is 2.08 bits per heavy atom. The predicted octanol–water partition coefficient (Wildman–Crippen LogP) is 3.17. The first-order chi connectivity index (χ1) is 11.6. The number of rotatable bonds is 4. The lowest BCUT2D eigenvalue weighted by Gasteiger charge is -2.12. The van der Waals surface area contributed by atoms with Crippen LogP contribution in [0.3, 0.4) is 0 Å². The van der Waals surface area contributed by atoms with Gasteiger partial charge in [0.25, 0.3) is 5.91 Å². The van der Waals surface area contributed by atoms with Crippen LogP contribution in [-0.2, 0) is 0 Å². The first kappa shape index (κ1) is 16.3. The molecule has 1 aromatic carbocycles. The molecule has 2 heterocycles. The third-order valence-electron chi connectivity index (χ3n) is 4.20. The zero-order valence-corrected chi connectivity index (χ0v) is 14.4. The van der Waals surface area contributed by atoms with Crippen molar-refractivity contribution in [1.29, 1.82) is 0 Å². The molecular weight excluding hydrogens is 298 g/mol. The average Bonchev–Trinajstić information content (AvgIpc) is 2.94. The summed E-state index contributed by atoms with van der Waals surface area (Å²) in [5.41, 5.74) is 5.29. The van der Waals surface area contributed by atoms with Gasteiger partial charge in [0.05, 0.1) is 11.3 Å². The first-order valence-corrected chi connectivity index (χ1v) is 8.17. The number of nitrogens with one attached hydrogen (secondary N) is 1. The van der Waals surface area contributed by atoms with Gasteiger partial charge in [0, 0.05) is 31.6 Å². The van der Waals surface area contributed by atoms with E-state index in [4.69, 9.17) is 0 Å². The summed E-state index contributed by atoms with van der Waals surface area (Å²) in [6.45, 7) is 0.988. The Labute approximate surface area is 143 Å². The van der Waals surface area contributed by atoms with Crippen molar-refractivity contribution in [3.63, 3.8) is 0 Å². The number of fused-ring (bicyclic) bond motifs is 2. The topological polar surface area (TPSA) is 37.3 Å². The van der Waals surface area contributed by atoms with Gasteiger partial charge in [-0.05, 0) is 43.8 Å². The maximum Gasteiger partial charge on any atom is 0.252 e. The molecule has 1 aliphatic rings. The van der Waals surface area contributed by atoms with Crippen molar-refractivity contribution in [2.24, 2.45) is 0 Å². The molecule has 0 spiro atoms. The van der Waals surface area contributed by atoms with Gasteiger partial charge in [0.1, 0.15) is 0 Å². The summed E-state index contributed by atoms with van der Waals surface area (Å²) in [4.78, 5) is 14.2. The van der Waals surface area contributed by atoms with Gasteiger partial charge in [-0.3, -0.25) is 4.79 Å². The molecule has 1 aliphatic heterocycles. The molecule has 0 bridgehead atoms. The highest BCUT2D eigenvalue weighted by atomic mass is 16.1. The molecule has 0 aliphatic carbocycles. The second-order valence-corrected chi connectivity index (χ2v) is 6.21. The highest BCUT2D eigenvalue weighted by Gasteiger charge is 2.18. The lowest BCUT2D eigenvalue weighted by molar-refractivity contribution is 0.0963. The van der Waals surface area contributed by atoms with Gasteiger partial charge in [0.15, 0.2) is 0 Å². The summed E-state index contributed by atoms with van der Waals surface area (Å²) >= 11 is 0. The Morgan fingerprint density at radius 1 is 1.29 bits per heavy atom. The minimum Gasteiger partial charge on any atom is -0.355 e. The van der Waals surface area contributed by atoms with Crippen molar-refractivity contribution in [1.82, 2.24) is 14.8 Å². The fourth-order valence-corrected chi connectivity index (χ4v) is 2.95. The number of benzene rings is 1. The van der Waals surface area contributed by atoms with E-state index in [1.165, 1.54) is 16.7 Å². The van der Waals surface area contributed by atoms with Crippen molar-refractivity contribution in [3.8, 4) is 0 Å². The molecule has 1 amide bonds. The Bertz CT molecular complexity index is 812. The average molecular weight is 321 g/mol. The summed E-state index contributed by atoms with van der Waals surface area (Å²) in [5, 5.41) is 2.70. The molecule has 4 nitrogen and oxygen atoms in total. The Hall–Kier alpha value is -2.59. The van der Waals surface area contributed by atoms with E-state index in [-0.39, 0.29) is 5.91 Å². The van der Waals surface area contributed by atoms with Crippen LogP contribution in [0.1, 0.15) is 33.6 Å².